The van der Waals surface area contributed by atoms with E-state index in [1.165, 1.54) is 4.90 Å². The molecule has 2 aromatic rings. The Balaban J connectivity index is 2.33. The van der Waals surface area contributed by atoms with E-state index in [0.29, 0.717) is 11.6 Å². The number of benzene rings is 1. The van der Waals surface area contributed by atoms with E-state index < -0.39 is 0 Å². The third kappa shape index (κ3) is 2.30. The second-order valence-corrected chi connectivity index (χ2v) is 3.88. The Bertz CT molecular complexity index is 438. The van der Waals surface area contributed by atoms with Gasteiger partial charge in [0.05, 0.1) is 0 Å². The second kappa shape index (κ2) is 4.35. The van der Waals surface area contributed by atoms with E-state index in [-0.39, 0.29) is 0 Å². The molecule has 0 aliphatic heterocycles. The third-order valence-electron chi connectivity index (χ3n) is 1.93. The van der Waals surface area contributed by atoms with Gasteiger partial charge in [-0.05, 0) is 37.4 Å². The Morgan fingerprint density at radius 1 is 0.933 bits per heavy atom. The molecule has 0 unspecified atom stereocenters. The van der Waals surface area contributed by atoms with E-state index >= 15 is 0 Å². The standard InChI is InChI=1S/C10H10N4S/c1-7-11-13-10(14-12-7)8-3-5-9(15-2)6-4-8/h3-6H,1-2H3. The lowest BCUT2D eigenvalue weighted by molar-refractivity contribution is 0.816. The van der Waals surface area contributed by atoms with Crippen molar-refractivity contribution in [3.05, 3.63) is 30.1 Å². The average molecular weight is 218 g/mol. The topological polar surface area (TPSA) is 51.6 Å². The minimum absolute atomic E-state index is 0.563. The van der Waals surface area contributed by atoms with Gasteiger partial charge in [-0.2, -0.15) is 0 Å². The van der Waals surface area contributed by atoms with Crippen LogP contribution >= 0.6 is 11.8 Å². The molecular formula is C10H10N4S. The van der Waals surface area contributed by atoms with Crippen LogP contribution in [-0.4, -0.2) is 26.7 Å². The first-order valence-electron chi connectivity index (χ1n) is 4.48. The highest BCUT2D eigenvalue weighted by atomic mass is 32.2. The normalized spacial score (nSPS) is 10.3. The predicted octanol–water partition coefficient (Wildman–Crippen LogP) is 1.96. The zero-order valence-corrected chi connectivity index (χ0v) is 9.32. The van der Waals surface area contributed by atoms with Crippen LogP contribution in [0.15, 0.2) is 29.2 Å². The summed E-state index contributed by atoms with van der Waals surface area (Å²) < 4.78 is 0. The summed E-state index contributed by atoms with van der Waals surface area (Å²) >= 11 is 1.70. The number of aromatic nitrogens is 4. The van der Waals surface area contributed by atoms with Crippen LogP contribution in [-0.2, 0) is 0 Å². The maximum atomic E-state index is 3.97. The molecule has 0 N–H and O–H groups in total. The maximum Gasteiger partial charge on any atom is 0.203 e. The van der Waals surface area contributed by atoms with Crippen LogP contribution in [0.25, 0.3) is 11.4 Å². The molecule has 0 radical (unpaired) electrons. The van der Waals surface area contributed by atoms with Crippen molar-refractivity contribution in [1.29, 1.82) is 0 Å². The van der Waals surface area contributed by atoms with Crippen molar-refractivity contribution in [3.63, 3.8) is 0 Å². The zero-order valence-electron chi connectivity index (χ0n) is 8.51. The number of hydrogen-bond acceptors (Lipinski definition) is 5. The van der Waals surface area contributed by atoms with Gasteiger partial charge in [0.2, 0.25) is 5.82 Å². The minimum atomic E-state index is 0.563. The molecule has 1 aromatic carbocycles. The summed E-state index contributed by atoms with van der Waals surface area (Å²) in [6.07, 6.45) is 2.04. The molecule has 0 atom stereocenters. The van der Waals surface area contributed by atoms with E-state index in [1.807, 2.05) is 30.5 Å². The quantitative estimate of drug-likeness (QED) is 0.721. The highest BCUT2D eigenvalue weighted by Gasteiger charge is 2.02. The lowest BCUT2D eigenvalue weighted by Gasteiger charge is -1.99. The molecule has 1 aromatic heterocycles. The molecule has 76 valence electrons. The van der Waals surface area contributed by atoms with Gasteiger partial charge in [-0.25, -0.2) is 0 Å². The first-order valence-corrected chi connectivity index (χ1v) is 5.70. The van der Waals surface area contributed by atoms with Crippen LogP contribution in [0.2, 0.25) is 0 Å². The fraction of sp³-hybridized carbons (Fsp3) is 0.200. The first kappa shape index (κ1) is 10.0. The Kier molecular flexibility index (Phi) is 2.91. The monoisotopic (exact) mass is 218 g/mol. The number of nitrogens with zero attached hydrogens (tertiary/aromatic N) is 4. The van der Waals surface area contributed by atoms with Gasteiger partial charge in [-0.15, -0.1) is 32.2 Å². The molecule has 0 saturated heterocycles. The van der Waals surface area contributed by atoms with Gasteiger partial charge < -0.3 is 0 Å². The van der Waals surface area contributed by atoms with Gasteiger partial charge in [0.15, 0.2) is 5.82 Å². The lowest BCUT2D eigenvalue weighted by atomic mass is 10.2. The van der Waals surface area contributed by atoms with Crippen LogP contribution in [0.1, 0.15) is 5.82 Å². The van der Waals surface area contributed by atoms with Crippen molar-refractivity contribution in [2.75, 3.05) is 6.26 Å². The van der Waals surface area contributed by atoms with Gasteiger partial charge in [0.25, 0.3) is 0 Å². The van der Waals surface area contributed by atoms with Crippen LogP contribution < -0.4 is 0 Å². The molecule has 0 fully saturated rings. The van der Waals surface area contributed by atoms with E-state index in [9.17, 15) is 0 Å². The van der Waals surface area contributed by atoms with Crippen LogP contribution in [0, 0.1) is 6.92 Å². The summed E-state index contributed by atoms with van der Waals surface area (Å²) in [5.41, 5.74) is 0.938. The highest BCUT2D eigenvalue weighted by molar-refractivity contribution is 7.98. The molecule has 5 heteroatoms. The van der Waals surface area contributed by atoms with Gasteiger partial charge in [-0.3, -0.25) is 0 Å². The van der Waals surface area contributed by atoms with E-state index in [1.54, 1.807) is 18.7 Å². The van der Waals surface area contributed by atoms with E-state index in [0.717, 1.165) is 5.56 Å². The first-order chi connectivity index (χ1) is 7.29. The minimum Gasteiger partial charge on any atom is -0.131 e. The van der Waals surface area contributed by atoms with E-state index in [4.69, 9.17) is 0 Å². The molecule has 0 amide bonds. The van der Waals surface area contributed by atoms with Crippen molar-refractivity contribution in [1.82, 2.24) is 20.4 Å². The van der Waals surface area contributed by atoms with Crippen molar-refractivity contribution < 1.29 is 0 Å². The number of hydrogen-bond donors (Lipinski definition) is 0. The molecule has 2 rings (SSSR count). The lowest BCUT2D eigenvalue weighted by Crippen LogP contribution is -1.98. The summed E-state index contributed by atoms with van der Waals surface area (Å²) in [6, 6.07) is 8.01. The number of aryl methyl sites for hydroxylation is 1. The summed E-state index contributed by atoms with van der Waals surface area (Å²) in [4.78, 5) is 1.21. The number of rotatable bonds is 2. The van der Waals surface area contributed by atoms with E-state index in [2.05, 4.69) is 20.4 Å². The van der Waals surface area contributed by atoms with Gasteiger partial charge in [-0.1, -0.05) is 0 Å². The van der Waals surface area contributed by atoms with Crippen LogP contribution in [0.4, 0.5) is 0 Å². The molecule has 0 bridgehead atoms. The summed E-state index contributed by atoms with van der Waals surface area (Å²) in [6.45, 7) is 1.76. The molecular weight excluding hydrogens is 208 g/mol. The van der Waals surface area contributed by atoms with Crippen molar-refractivity contribution in [3.8, 4) is 11.4 Å². The number of thioether (sulfide) groups is 1. The molecule has 0 saturated carbocycles. The van der Waals surface area contributed by atoms with Gasteiger partial charge in [0.1, 0.15) is 0 Å². The molecule has 15 heavy (non-hydrogen) atoms. The third-order valence-corrected chi connectivity index (χ3v) is 2.67. The van der Waals surface area contributed by atoms with Crippen LogP contribution in [0.5, 0.6) is 0 Å². The molecule has 0 aliphatic rings. The maximum absolute atomic E-state index is 3.97. The van der Waals surface area contributed by atoms with Crippen molar-refractivity contribution >= 4 is 11.8 Å². The Morgan fingerprint density at radius 2 is 1.53 bits per heavy atom. The fourth-order valence-corrected chi connectivity index (χ4v) is 1.54. The Labute approximate surface area is 92.2 Å². The molecule has 4 nitrogen and oxygen atoms in total. The largest absolute Gasteiger partial charge is 0.203 e. The SMILES string of the molecule is CSc1ccc(-c2nnc(C)nn2)cc1. The average Bonchev–Trinajstić information content (AvgIpc) is 2.30. The summed E-state index contributed by atoms with van der Waals surface area (Å²) in [5.74, 6) is 1.15. The Hall–Kier alpha value is -1.49. The fourth-order valence-electron chi connectivity index (χ4n) is 1.14. The Morgan fingerprint density at radius 3 is 2.07 bits per heavy atom. The summed E-state index contributed by atoms with van der Waals surface area (Å²) in [5, 5.41) is 15.7. The smallest absolute Gasteiger partial charge is 0.131 e. The highest BCUT2D eigenvalue weighted by Crippen LogP contribution is 2.19. The van der Waals surface area contributed by atoms with Gasteiger partial charge >= 0.3 is 0 Å². The van der Waals surface area contributed by atoms with Gasteiger partial charge in [0, 0.05) is 10.5 Å². The second-order valence-electron chi connectivity index (χ2n) is 3.00. The van der Waals surface area contributed by atoms with Crippen LogP contribution in [0.3, 0.4) is 0 Å². The van der Waals surface area contributed by atoms with Crippen molar-refractivity contribution in [2.45, 2.75) is 11.8 Å². The summed E-state index contributed by atoms with van der Waals surface area (Å²) in [7, 11) is 0. The van der Waals surface area contributed by atoms with Crippen molar-refractivity contribution in [2.24, 2.45) is 0 Å². The molecule has 1 heterocycles. The predicted molar refractivity (Wildman–Crippen MR) is 59.6 cm³/mol. The molecule has 0 spiro atoms. The molecule has 0 aliphatic carbocycles. The zero-order chi connectivity index (χ0) is 10.7.